The summed E-state index contributed by atoms with van der Waals surface area (Å²) in [6.07, 6.45) is 10.4. The molecule has 17 heavy (non-hydrogen) atoms. The van der Waals surface area contributed by atoms with E-state index >= 15 is 0 Å². The van der Waals surface area contributed by atoms with Crippen LogP contribution in [0.4, 0.5) is 0 Å². The second-order valence-corrected chi connectivity index (χ2v) is 4.23. The fourth-order valence-electron chi connectivity index (χ4n) is 1.96. The Morgan fingerprint density at radius 3 is 2.76 bits per heavy atom. The summed E-state index contributed by atoms with van der Waals surface area (Å²) >= 11 is 0. The SMILES string of the molecule is C=C/C(=C\C=C\C(=O)OC)CC1CCNCC1. The molecular weight excluding hydrogens is 214 g/mol. The van der Waals surface area contributed by atoms with Crippen LogP contribution in [0.15, 0.2) is 36.5 Å². The summed E-state index contributed by atoms with van der Waals surface area (Å²) < 4.78 is 4.53. The van der Waals surface area contributed by atoms with Crippen molar-refractivity contribution in [2.24, 2.45) is 5.92 Å². The van der Waals surface area contributed by atoms with Crippen molar-refractivity contribution in [3.05, 3.63) is 36.5 Å². The molecule has 1 fully saturated rings. The smallest absolute Gasteiger partial charge is 0.330 e. The Labute approximate surface area is 103 Å². The Kier molecular flexibility index (Phi) is 6.33. The lowest BCUT2D eigenvalue weighted by atomic mass is 9.90. The number of allylic oxidation sites excluding steroid dienone is 4. The van der Waals surface area contributed by atoms with E-state index in [-0.39, 0.29) is 5.97 Å². The van der Waals surface area contributed by atoms with Crippen LogP contribution in [0.1, 0.15) is 19.3 Å². The Morgan fingerprint density at radius 2 is 2.18 bits per heavy atom. The summed E-state index contributed by atoms with van der Waals surface area (Å²) in [7, 11) is 1.37. The summed E-state index contributed by atoms with van der Waals surface area (Å²) in [6.45, 7) is 6.02. The fourth-order valence-corrected chi connectivity index (χ4v) is 1.96. The van der Waals surface area contributed by atoms with E-state index in [0.29, 0.717) is 0 Å². The molecule has 0 spiro atoms. The first-order valence-corrected chi connectivity index (χ1v) is 6.04. The molecule has 1 saturated heterocycles. The molecule has 1 heterocycles. The number of carbonyl (C=O) groups is 1. The van der Waals surface area contributed by atoms with Crippen LogP contribution in [0.2, 0.25) is 0 Å². The summed E-state index contributed by atoms with van der Waals surface area (Å²) in [6, 6.07) is 0. The predicted molar refractivity (Wildman–Crippen MR) is 69.6 cm³/mol. The molecular formula is C14H21NO2. The molecule has 0 amide bonds. The average Bonchev–Trinajstić information content (AvgIpc) is 2.38. The van der Waals surface area contributed by atoms with Gasteiger partial charge in [0.1, 0.15) is 0 Å². The predicted octanol–water partition coefficient (Wildman–Crippen LogP) is 2.22. The van der Waals surface area contributed by atoms with Gasteiger partial charge in [-0.1, -0.05) is 24.8 Å². The van der Waals surface area contributed by atoms with Gasteiger partial charge >= 0.3 is 5.97 Å². The molecule has 0 saturated carbocycles. The first kappa shape index (κ1) is 13.7. The van der Waals surface area contributed by atoms with E-state index in [1.165, 1.54) is 31.6 Å². The second kappa shape index (κ2) is 7.85. The van der Waals surface area contributed by atoms with Crippen LogP contribution in [-0.2, 0) is 9.53 Å². The number of piperidine rings is 1. The fraction of sp³-hybridized carbons (Fsp3) is 0.500. The number of hydrogen-bond acceptors (Lipinski definition) is 3. The largest absolute Gasteiger partial charge is 0.466 e. The van der Waals surface area contributed by atoms with Crippen molar-refractivity contribution >= 4 is 5.97 Å². The zero-order chi connectivity index (χ0) is 12.5. The highest BCUT2D eigenvalue weighted by atomic mass is 16.5. The van der Waals surface area contributed by atoms with Crippen molar-refractivity contribution in [1.82, 2.24) is 5.32 Å². The van der Waals surface area contributed by atoms with E-state index in [4.69, 9.17) is 0 Å². The van der Waals surface area contributed by atoms with E-state index < -0.39 is 0 Å². The molecule has 0 aliphatic carbocycles. The van der Waals surface area contributed by atoms with Gasteiger partial charge in [0.2, 0.25) is 0 Å². The highest BCUT2D eigenvalue weighted by molar-refractivity contribution is 5.82. The van der Waals surface area contributed by atoms with Gasteiger partial charge in [-0.3, -0.25) is 0 Å². The topological polar surface area (TPSA) is 38.3 Å². The third-order valence-electron chi connectivity index (χ3n) is 2.99. The van der Waals surface area contributed by atoms with Gasteiger partial charge in [-0.15, -0.1) is 0 Å². The van der Waals surface area contributed by atoms with Crippen molar-refractivity contribution in [1.29, 1.82) is 0 Å². The lowest BCUT2D eigenvalue weighted by Gasteiger charge is -2.22. The minimum atomic E-state index is -0.327. The van der Waals surface area contributed by atoms with Gasteiger partial charge in [0.05, 0.1) is 7.11 Å². The van der Waals surface area contributed by atoms with E-state index in [0.717, 1.165) is 25.4 Å². The van der Waals surface area contributed by atoms with Crippen molar-refractivity contribution in [3.8, 4) is 0 Å². The monoisotopic (exact) mass is 235 g/mol. The first-order valence-electron chi connectivity index (χ1n) is 6.04. The van der Waals surface area contributed by atoms with Crippen LogP contribution in [0.5, 0.6) is 0 Å². The zero-order valence-corrected chi connectivity index (χ0v) is 10.4. The zero-order valence-electron chi connectivity index (χ0n) is 10.4. The average molecular weight is 235 g/mol. The highest BCUT2D eigenvalue weighted by Crippen LogP contribution is 2.21. The lowest BCUT2D eigenvalue weighted by molar-refractivity contribution is -0.134. The molecule has 0 unspecified atom stereocenters. The molecule has 3 heteroatoms. The van der Waals surface area contributed by atoms with Crippen molar-refractivity contribution in [2.45, 2.75) is 19.3 Å². The van der Waals surface area contributed by atoms with Gasteiger partial charge in [-0.05, 0) is 43.8 Å². The molecule has 0 aromatic rings. The van der Waals surface area contributed by atoms with Crippen molar-refractivity contribution < 1.29 is 9.53 Å². The Morgan fingerprint density at radius 1 is 1.47 bits per heavy atom. The maximum absolute atomic E-state index is 10.9. The Hall–Kier alpha value is -1.35. The molecule has 0 atom stereocenters. The van der Waals surface area contributed by atoms with Gasteiger partial charge in [-0.25, -0.2) is 4.79 Å². The quantitative estimate of drug-likeness (QED) is 0.451. The van der Waals surface area contributed by atoms with Crippen molar-refractivity contribution in [2.75, 3.05) is 20.2 Å². The molecule has 0 radical (unpaired) electrons. The second-order valence-electron chi connectivity index (χ2n) is 4.23. The molecule has 0 aromatic heterocycles. The highest BCUT2D eigenvalue weighted by Gasteiger charge is 2.13. The van der Waals surface area contributed by atoms with E-state index in [9.17, 15) is 4.79 Å². The molecule has 1 aliphatic heterocycles. The van der Waals surface area contributed by atoms with Gasteiger partial charge in [-0.2, -0.15) is 0 Å². The van der Waals surface area contributed by atoms with Gasteiger partial charge in [0.15, 0.2) is 0 Å². The minimum Gasteiger partial charge on any atom is -0.466 e. The minimum absolute atomic E-state index is 0.327. The lowest BCUT2D eigenvalue weighted by Crippen LogP contribution is -2.27. The molecule has 1 N–H and O–H groups in total. The molecule has 1 aliphatic rings. The van der Waals surface area contributed by atoms with Gasteiger partial charge in [0.25, 0.3) is 0 Å². The number of ether oxygens (including phenoxy) is 1. The Bertz CT molecular complexity index is 312. The van der Waals surface area contributed by atoms with Gasteiger partial charge in [0, 0.05) is 6.08 Å². The van der Waals surface area contributed by atoms with Crippen LogP contribution in [0, 0.1) is 5.92 Å². The van der Waals surface area contributed by atoms with E-state index in [1.54, 1.807) is 6.08 Å². The van der Waals surface area contributed by atoms with Crippen LogP contribution in [0.25, 0.3) is 0 Å². The number of carbonyl (C=O) groups excluding carboxylic acids is 1. The van der Waals surface area contributed by atoms with Crippen LogP contribution >= 0.6 is 0 Å². The maximum Gasteiger partial charge on any atom is 0.330 e. The standard InChI is InChI=1S/C14H21NO2/c1-3-12(5-4-6-14(16)17-2)11-13-7-9-15-10-8-13/h3-6,13,15H,1,7-11H2,2H3/b6-4+,12-5+. The van der Waals surface area contributed by atoms with E-state index in [1.807, 2.05) is 12.2 Å². The number of hydrogen-bond donors (Lipinski definition) is 1. The number of methoxy groups -OCH3 is 1. The molecule has 1 rings (SSSR count). The molecule has 0 bridgehead atoms. The number of esters is 1. The van der Waals surface area contributed by atoms with Crippen LogP contribution in [-0.4, -0.2) is 26.2 Å². The number of rotatable bonds is 5. The molecule has 0 aromatic carbocycles. The van der Waals surface area contributed by atoms with E-state index in [2.05, 4.69) is 16.6 Å². The van der Waals surface area contributed by atoms with Crippen LogP contribution in [0.3, 0.4) is 0 Å². The number of nitrogens with one attached hydrogen (secondary N) is 1. The third-order valence-corrected chi connectivity index (χ3v) is 2.99. The molecule has 3 nitrogen and oxygen atoms in total. The Balaban J connectivity index is 2.46. The molecule has 94 valence electrons. The summed E-state index contributed by atoms with van der Waals surface area (Å²) in [5.41, 5.74) is 1.18. The summed E-state index contributed by atoms with van der Waals surface area (Å²) in [4.78, 5) is 10.9. The summed E-state index contributed by atoms with van der Waals surface area (Å²) in [5, 5.41) is 3.35. The third kappa shape index (κ3) is 5.50. The van der Waals surface area contributed by atoms with Crippen molar-refractivity contribution in [3.63, 3.8) is 0 Å². The summed E-state index contributed by atoms with van der Waals surface area (Å²) in [5.74, 6) is 0.401. The maximum atomic E-state index is 10.9. The van der Waals surface area contributed by atoms with Crippen LogP contribution < -0.4 is 5.32 Å². The normalized spacial score (nSPS) is 18.3. The van der Waals surface area contributed by atoms with Gasteiger partial charge < -0.3 is 10.1 Å². The first-order chi connectivity index (χ1) is 8.26.